The van der Waals surface area contributed by atoms with Crippen molar-refractivity contribution >= 4 is 14.1 Å². The first-order chi connectivity index (χ1) is 6.58. The van der Waals surface area contributed by atoms with Crippen LogP contribution < -0.4 is 0 Å². The van der Waals surface area contributed by atoms with Crippen molar-refractivity contribution in [3.05, 3.63) is 53.7 Å². The lowest BCUT2D eigenvalue weighted by Crippen LogP contribution is -2.14. The van der Waals surface area contributed by atoms with Crippen LogP contribution in [0.2, 0.25) is 19.6 Å². The second kappa shape index (κ2) is 4.96. The summed E-state index contributed by atoms with van der Waals surface area (Å²) in [4.78, 5) is 0. The largest absolute Gasteiger partial charge is 0.0950 e. The zero-order valence-electron chi connectivity index (χ0n) is 9.20. The molecule has 0 aromatic heterocycles. The Morgan fingerprint density at radius 3 is 2.14 bits per heavy atom. The van der Waals surface area contributed by atoms with Crippen LogP contribution >= 0.6 is 0 Å². The van der Waals surface area contributed by atoms with E-state index in [4.69, 9.17) is 0 Å². The van der Waals surface area contributed by atoms with Crippen LogP contribution in [0.25, 0.3) is 6.08 Å². The Hall–Kier alpha value is -1.08. The molecule has 0 fully saturated rings. The van der Waals surface area contributed by atoms with Gasteiger partial charge in [0.1, 0.15) is 0 Å². The molecule has 74 valence electrons. The minimum absolute atomic E-state index is 1.03. The monoisotopic (exact) mass is 202 g/mol. The van der Waals surface area contributed by atoms with E-state index >= 15 is 0 Å². The molecule has 0 spiro atoms. The van der Waals surface area contributed by atoms with Crippen molar-refractivity contribution in [2.75, 3.05) is 0 Å². The maximum Gasteiger partial charge on any atom is 0.0687 e. The van der Waals surface area contributed by atoms with Crippen LogP contribution in [0.5, 0.6) is 0 Å². The zero-order valence-corrected chi connectivity index (χ0v) is 10.2. The summed E-state index contributed by atoms with van der Waals surface area (Å²) in [6, 6.07) is 10.4. The maximum absolute atomic E-state index is 2.34. The summed E-state index contributed by atoms with van der Waals surface area (Å²) in [5.74, 6) is 0. The number of allylic oxidation sites excluding steroid dienone is 2. The molecule has 0 heterocycles. The number of rotatable bonds is 3. The molecule has 0 unspecified atom stereocenters. The summed E-state index contributed by atoms with van der Waals surface area (Å²) in [5, 5.41) is 0. The van der Waals surface area contributed by atoms with Crippen molar-refractivity contribution in [3.8, 4) is 0 Å². The quantitative estimate of drug-likeness (QED) is 0.510. The normalized spacial score (nSPS) is 12.8. The Morgan fingerprint density at radius 2 is 1.57 bits per heavy atom. The van der Waals surface area contributed by atoms with Crippen LogP contribution in [0.4, 0.5) is 0 Å². The van der Waals surface area contributed by atoms with Gasteiger partial charge in [-0.2, -0.15) is 0 Å². The van der Waals surface area contributed by atoms with Gasteiger partial charge in [-0.25, -0.2) is 0 Å². The average Bonchev–Trinajstić information content (AvgIpc) is 2.13. The predicted molar refractivity (Wildman–Crippen MR) is 68.0 cm³/mol. The third-order valence-electron chi connectivity index (χ3n) is 1.80. The minimum atomic E-state index is -1.03. The Morgan fingerprint density at radius 1 is 0.929 bits per heavy atom. The first kappa shape index (κ1) is 11.0. The molecule has 0 N–H and O–H groups in total. The van der Waals surface area contributed by atoms with E-state index in [2.05, 4.69) is 67.8 Å². The fraction of sp³-hybridized carbons (Fsp3) is 0.231. The summed E-state index contributed by atoms with van der Waals surface area (Å²) in [6.45, 7) is 7.00. The van der Waals surface area contributed by atoms with Gasteiger partial charge in [0.05, 0.1) is 8.07 Å². The summed E-state index contributed by atoms with van der Waals surface area (Å²) < 4.78 is 0. The SMILES string of the molecule is C[Si](C)(C)C=C/C=C\c1ccccc1. The summed E-state index contributed by atoms with van der Waals surface area (Å²) in [7, 11) is -1.03. The van der Waals surface area contributed by atoms with Gasteiger partial charge >= 0.3 is 0 Å². The summed E-state index contributed by atoms with van der Waals surface area (Å²) >= 11 is 0. The van der Waals surface area contributed by atoms with E-state index in [9.17, 15) is 0 Å². The van der Waals surface area contributed by atoms with E-state index in [-0.39, 0.29) is 0 Å². The van der Waals surface area contributed by atoms with Crippen LogP contribution in [0.3, 0.4) is 0 Å². The van der Waals surface area contributed by atoms with Gasteiger partial charge in [0, 0.05) is 0 Å². The third kappa shape index (κ3) is 4.82. The highest BCUT2D eigenvalue weighted by Crippen LogP contribution is 2.04. The molecule has 0 bridgehead atoms. The van der Waals surface area contributed by atoms with Crippen LogP contribution in [-0.4, -0.2) is 8.07 Å². The lowest BCUT2D eigenvalue weighted by Gasteiger charge is -2.06. The molecule has 0 radical (unpaired) electrons. The molecule has 0 aliphatic heterocycles. The van der Waals surface area contributed by atoms with E-state index in [0.717, 1.165) is 0 Å². The molecular formula is C13H18Si. The Labute approximate surface area is 88.0 Å². The Kier molecular flexibility index (Phi) is 3.90. The molecule has 1 aromatic rings. The molecule has 1 heteroatoms. The van der Waals surface area contributed by atoms with Crippen LogP contribution in [-0.2, 0) is 0 Å². The fourth-order valence-electron chi connectivity index (χ4n) is 1.08. The minimum Gasteiger partial charge on any atom is -0.0950 e. The first-order valence-corrected chi connectivity index (χ1v) is 8.57. The molecule has 0 atom stereocenters. The van der Waals surface area contributed by atoms with Gasteiger partial charge in [-0.05, 0) is 5.56 Å². The molecular weight excluding hydrogens is 184 g/mol. The van der Waals surface area contributed by atoms with Gasteiger partial charge in [0.15, 0.2) is 0 Å². The van der Waals surface area contributed by atoms with Crippen molar-refractivity contribution in [3.63, 3.8) is 0 Å². The van der Waals surface area contributed by atoms with Crippen LogP contribution in [0, 0.1) is 0 Å². The summed E-state index contributed by atoms with van der Waals surface area (Å²) in [5.41, 5.74) is 3.60. The van der Waals surface area contributed by atoms with Crippen molar-refractivity contribution < 1.29 is 0 Å². The predicted octanol–water partition coefficient (Wildman–Crippen LogP) is 4.13. The van der Waals surface area contributed by atoms with Crippen LogP contribution in [0.1, 0.15) is 5.56 Å². The number of hydrogen-bond acceptors (Lipinski definition) is 0. The zero-order chi connectivity index (χ0) is 10.4. The van der Waals surface area contributed by atoms with Gasteiger partial charge in [0.25, 0.3) is 0 Å². The van der Waals surface area contributed by atoms with E-state index < -0.39 is 8.07 Å². The van der Waals surface area contributed by atoms with Crippen molar-refractivity contribution in [2.45, 2.75) is 19.6 Å². The number of hydrogen-bond donors (Lipinski definition) is 0. The van der Waals surface area contributed by atoms with Gasteiger partial charge in [-0.1, -0.05) is 73.9 Å². The van der Waals surface area contributed by atoms with E-state index in [1.54, 1.807) is 0 Å². The molecule has 0 aliphatic carbocycles. The van der Waals surface area contributed by atoms with Crippen LogP contribution in [0.15, 0.2) is 48.2 Å². The standard InChI is InChI=1S/C13H18Si/c1-14(2,3)12-8-7-11-13-9-5-4-6-10-13/h4-12H,1-3H3/b11-7-,12-8?. The molecule has 0 nitrogen and oxygen atoms in total. The molecule has 0 aliphatic rings. The van der Waals surface area contributed by atoms with Gasteiger partial charge in [-0.15, -0.1) is 0 Å². The third-order valence-corrected chi connectivity index (χ3v) is 2.99. The smallest absolute Gasteiger partial charge is 0.0687 e. The van der Waals surface area contributed by atoms with Gasteiger partial charge in [0.2, 0.25) is 0 Å². The van der Waals surface area contributed by atoms with Crippen molar-refractivity contribution in [1.29, 1.82) is 0 Å². The molecule has 14 heavy (non-hydrogen) atoms. The highest BCUT2D eigenvalue weighted by molar-refractivity contribution is 6.81. The molecule has 1 aromatic carbocycles. The molecule has 0 amide bonds. The maximum atomic E-state index is 2.34. The molecule has 1 rings (SSSR count). The van der Waals surface area contributed by atoms with Gasteiger partial charge < -0.3 is 0 Å². The lowest BCUT2D eigenvalue weighted by molar-refractivity contribution is 1.66. The van der Waals surface area contributed by atoms with Crippen molar-refractivity contribution in [1.82, 2.24) is 0 Å². The second-order valence-electron chi connectivity index (χ2n) is 4.49. The summed E-state index contributed by atoms with van der Waals surface area (Å²) in [6.07, 6.45) is 6.42. The Balaban J connectivity index is 2.54. The van der Waals surface area contributed by atoms with E-state index in [1.807, 2.05) is 6.07 Å². The molecule has 0 saturated heterocycles. The second-order valence-corrected chi connectivity index (χ2v) is 9.56. The van der Waals surface area contributed by atoms with Gasteiger partial charge in [-0.3, -0.25) is 0 Å². The van der Waals surface area contributed by atoms with E-state index in [1.165, 1.54) is 5.56 Å². The lowest BCUT2D eigenvalue weighted by atomic mass is 10.2. The average molecular weight is 202 g/mol. The number of benzene rings is 1. The van der Waals surface area contributed by atoms with Crippen molar-refractivity contribution in [2.24, 2.45) is 0 Å². The molecule has 0 saturated carbocycles. The highest BCUT2D eigenvalue weighted by Gasteiger charge is 2.05. The topological polar surface area (TPSA) is 0 Å². The first-order valence-electron chi connectivity index (χ1n) is 4.99. The Bertz CT molecular complexity index is 315. The van der Waals surface area contributed by atoms with E-state index in [0.29, 0.717) is 0 Å². The highest BCUT2D eigenvalue weighted by atomic mass is 28.3. The fourth-order valence-corrected chi connectivity index (χ4v) is 1.76.